The highest BCUT2D eigenvalue weighted by molar-refractivity contribution is 5.32. The first-order valence-corrected chi connectivity index (χ1v) is 4.51. The van der Waals surface area contributed by atoms with Gasteiger partial charge in [-0.1, -0.05) is 29.9 Å². The molecule has 1 aromatic carbocycles. The van der Waals surface area contributed by atoms with E-state index in [1.54, 1.807) is 0 Å². The van der Waals surface area contributed by atoms with Crippen LogP contribution in [0.5, 0.6) is 5.75 Å². The lowest BCUT2D eigenvalue weighted by atomic mass is 10.3. The van der Waals surface area contributed by atoms with Crippen LogP contribution in [0.1, 0.15) is 11.7 Å². The molecule has 0 aliphatic carbocycles. The summed E-state index contributed by atoms with van der Waals surface area (Å²) >= 11 is 0. The van der Waals surface area contributed by atoms with E-state index in [2.05, 4.69) is 16.7 Å². The van der Waals surface area contributed by atoms with E-state index in [1.165, 1.54) is 6.08 Å². The van der Waals surface area contributed by atoms with Crippen LogP contribution >= 0.6 is 0 Å². The quantitative estimate of drug-likeness (QED) is 0.763. The van der Waals surface area contributed by atoms with Crippen LogP contribution in [0.4, 0.5) is 0 Å². The summed E-state index contributed by atoms with van der Waals surface area (Å²) in [6.45, 7) is 3.82. The number of benzene rings is 1. The molecule has 4 nitrogen and oxygen atoms in total. The molecule has 0 saturated carbocycles. The van der Waals surface area contributed by atoms with Gasteiger partial charge in [0.1, 0.15) is 5.75 Å². The number of aromatic nitrogens is 2. The van der Waals surface area contributed by atoms with Crippen molar-refractivity contribution in [3.05, 3.63) is 48.6 Å². The minimum absolute atomic E-state index is 0.293. The molecule has 0 spiro atoms. The van der Waals surface area contributed by atoms with Gasteiger partial charge in [0, 0.05) is 0 Å². The van der Waals surface area contributed by atoms with Crippen molar-refractivity contribution in [3.63, 3.8) is 0 Å². The molecule has 0 bridgehead atoms. The van der Waals surface area contributed by atoms with E-state index >= 15 is 0 Å². The Bertz CT molecular complexity index is 437. The van der Waals surface area contributed by atoms with E-state index in [0.717, 1.165) is 5.75 Å². The molecule has 0 atom stereocenters. The molecule has 0 N–H and O–H groups in total. The van der Waals surface area contributed by atoms with Gasteiger partial charge in [-0.05, 0) is 18.2 Å². The lowest BCUT2D eigenvalue weighted by Crippen LogP contribution is -1.97. The highest BCUT2D eigenvalue weighted by Crippen LogP contribution is 2.10. The number of ether oxygens (including phenoxy) is 1. The lowest BCUT2D eigenvalue weighted by molar-refractivity contribution is 0.286. The molecule has 2 aromatic rings. The SMILES string of the molecule is C=Cc1nc(COc2ccccc2)no1. The van der Waals surface area contributed by atoms with Crippen LogP contribution in [-0.2, 0) is 6.61 Å². The molecule has 0 aliphatic rings. The lowest BCUT2D eigenvalue weighted by Gasteiger charge is -2.01. The fraction of sp³-hybridized carbons (Fsp3) is 0.0909. The van der Waals surface area contributed by atoms with Gasteiger partial charge in [-0.15, -0.1) is 0 Å². The molecule has 0 amide bonds. The van der Waals surface area contributed by atoms with E-state index in [-0.39, 0.29) is 0 Å². The molecule has 2 rings (SSSR count). The van der Waals surface area contributed by atoms with Gasteiger partial charge in [-0.2, -0.15) is 4.98 Å². The molecule has 0 unspecified atom stereocenters. The molecule has 0 aliphatic heterocycles. The Hall–Kier alpha value is -2.10. The molecule has 0 fully saturated rings. The topological polar surface area (TPSA) is 48.2 Å². The molecule has 1 heterocycles. The second-order valence-corrected chi connectivity index (χ2v) is 2.85. The maximum Gasteiger partial charge on any atom is 0.250 e. The second kappa shape index (κ2) is 4.41. The summed E-state index contributed by atoms with van der Waals surface area (Å²) in [5, 5.41) is 3.72. The van der Waals surface area contributed by atoms with Gasteiger partial charge in [-0.3, -0.25) is 0 Å². The smallest absolute Gasteiger partial charge is 0.250 e. The number of rotatable bonds is 4. The van der Waals surface area contributed by atoms with Gasteiger partial charge in [-0.25, -0.2) is 0 Å². The normalized spacial score (nSPS) is 9.87. The van der Waals surface area contributed by atoms with Crippen molar-refractivity contribution in [1.29, 1.82) is 0 Å². The third-order valence-electron chi connectivity index (χ3n) is 1.77. The monoisotopic (exact) mass is 202 g/mol. The van der Waals surface area contributed by atoms with Crippen molar-refractivity contribution in [2.24, 2.45) is 0 Å². The highest BCUT2D eigenvalue weighted by atomic mass is 16.5. The molecular weight excluding hydrogens is 192 g/mol. The number of hydrogen-bond donors (Lipinski definition) is 0. The van der Waals surface area contributed by atoms with Gasteiger partial charge in [0.05, 0.1) is 0 Å². The minimum Gasteiger partial charge on any atom is -0.485 e. The highest BCUT2D eigenvalue weighted by Gasteiger charge is 2.03. The first-order chi connectivity index (χ1) is 7.38. The summed E-state index contributed by atoms with van der Waals surface area (Å²) in [4.78, 5) is 4.02. The Labute approximate surface area is 87.2 Å². The standard InChI is InChI=1S/C11H10N2O2/c1-2-11-12-10(13-15-11)8-14-9-6-4-3-5-7-9/h2-7H,1,8H2. The molecule has 15 heavy (non-hydrogen) atoms. The first kappa shape index (κ1) is 9.45. The summed E-state index contributed by atoms with van der Waals surface area (Å²) in [6.07, 6.45) is 1.50. The average molecular weight is 202 g/mol. The van der Waals surface area contributed by atoms with Crippen LogP contribution in [0.15, 0.2) is 41.4 Å². The second-order valence-electron chi connectivity index (χ2n) is 2.85. The van der Waals surface area contributed by atoms with Crippen LogP contribution in [0.2, 0.25) is 0 Å². The van der Waals surface area contributed by atoms with Gasteiger partial charge >= 0.3 is 0 Å². The third kappa shape index (κ3) is 2.43. The fourth-order valence-corrected chi connectivity index (χ4v) is 1.07. The maximum atomic E-state index is 5.43. The fourth-order valence-electron chi connectivity index (χ4n) is 1.07. The van der Waals surface area contributed by atoms with Gasteiger partial charge in [0.2, 0.25) is 11.7 Å². The molecule has 0 saturated heterocycles. The maximum absolute atomic E-state index is 5.43. The Kier molecular flexibility index (Phi) is 2.78. The third-order valence-corrected chi connectivity index (χ3v) is 1.77. The predicted molar refractivity (Wildman–Crippen MR) is 55.2 cm³/mol. The first-order valence-electron chi connectivity index (χ1n) is 4.51. The van der Waals surface area contributed by atoms with Crippen LogP contribution in [0.3, 0.4) is 0 Å². The number of hydrogen-bond acceptors (Lipinski definition) is 4. The molecule has 76 valence electrons. The summed E-state index contributed by atoms with van der Waals surface area (Å²) in [7, 11) is 0. The van der Waals surface area contributed by atoms with Crippen LogP contribution in [-0.4, -0.2) is 10.1 Å². The Balaban J connectivity index is 1.96. The Morgan fingerprint density at radius 1 is 1.33 bits per heavy atom. The zero-order valence-corrected chi connectivity index (χ0v) is 8.09. The van der Waals surface area contributed by atoms with Crippen molar-refractivity contribution in [3.8, 4) is 5.75 Å². The van der Waals surface area contributed by atoms with Crippen molar-refractivity contribution < 1.29 is 9.26 Å². The zero-order chi connectivity index (χ0) is 10.5. The number of para-hydroxylation sites is 1. The average Bonchev–Trinajstić information content (AvgIpc) is 2.76. The summed E-state index contributed by atoms with van der Waals surface area (Å²) in [5.41, 5.74) is 0. The molecule has 0 radical (unpaired) electrons. The van der Waals surface area contributed by atoms with E-state index in [9.17, 15) is 0 Å². The van der Waals surface area contributed by atoms with Crippen molar-refractivity contribution in [2.45, 2.75) is 6.61 Å². The molecule has 4 heteroatoms. The van der Waals surface area contributed by atoms with E-state index in [1.807, 2.05) is 30.3 Å². The number of nitrogens with zero attached hydrogens (tertiary/aromatic N) is 2. The predicted octanol–water partition coefficient (Wildman–Crippen LogP) is 2.29. The van der Waals surface area contributed by atoms with Crippen LogP contribution in [0.25, 0.3) is 6.08 Å². The van der Waals surface area contributed by atoms with E-state index in [0.29, 0.717) is 18.3 Å². The van der Waals surface area contributed by atoms with Crippen molar-refractivity contribution in [1.82, 2.24) is 10.1 Å². The molecular formula is C11H10N2O2. The van der Waals surface area contributed by atoms with Crippen molar-refractivity contribution >= 4 is 6.08 Å². The van der Waals surface area contributed by atoms with Gasteiger partial charge < -0.3 is 9.26 Å². The molecule has 1 aromatic heterocycles. The van der Waals surface area contributed by atoms with Gasteiger partial charge in [0.15, 0.2) is 6.61 Å². The zero-order valence-electron chi connectivity index (χ0n) is 8.09. The van der Waals surface area contributed by atoms with Crippen LogP contribution < -0.4 is 4.74 Å². The largest absolute Gasteiger partial charge is 0.485 e. The summed E-state index contributed by atoms with van der Waals surface area (Å²) < 4.78 is 10.3. The summed E-state index contributed by atoms with van der Waals surface area (Å²) in [5.74, 6) is 1.69. The van der Waals surface area contributed by atoms with Crippen molar-refractivity contribution in [2.75, 3.05) is 0 Å². The Morgan fingerprint density at radius 2 is 2.13 bits per heavy atom. The van der Waals surface area contributed by atoms with E-state index < -0.39 is 0 Å². The van der Waals surface area contributed by atoms with Crippen LogP contribution in [0, 0.1) is 0 Å². The summed E-state index contributed by atoms with van der Waals surface area (Å²) in [6, 6.07) is 9.47. The Morgan fingerprint density at radius 3 is 2.80 bits per heavy atom. The minimum atomic E-state index is 0.293. The van der Waals surface area contributed by atoms with E-state index in [4.69, 9.17) is 9.26 Å². The van der Waals surface area contributed by atoms with Gasteiger partial charge in [0.25, 0.3) is 0 Å².